The fourth-order valence-electron chi connectivity index (χ4n) is 2.86. The van der Waals surface area contributed by atoms with E-state index in [0.29, 0.717) is 10.8 Å². The summed E-state index contributed by atoms with van der Waals surface area (Å²) in [6.45, 7) is 0. The van der Waals surface area contributed by atoms with E-state index in [1.807, 2.05) is 30.3 Å². The number of benzene rings is 1. The van der Waals surface area contributed by atoms with E-state index in [1.54, 1.807) is 12.3 Å². The van der Waals surface area contributed by atoms with E-state index in [2.05, 4.69) is 20.9 Å². The van der Waals surface area contributed by atoms with Crippen molar-refractivity contribution in [3.63, 3.8) is 0 Å². The van der Waals surface area contributed by atoms with Crippen molar-refractivity contribution in [3.8, 4) is 0 Å². The van der Waals surface area contributed by atoms with Crippen LogP contribution in [0.1, 0.15) is 32.1 Å². The number of aromatic nitrogens is 1. The highest BCUT2D eigenvalue weighted by Crippen LogP contribution is 2.20. The maximum Gasteiger partial charge on any atom is 0.320 e. The number of hydrogen-bond acceptors (Lipinski definition) is 3. The van der Waals surface area contributed by atoms with Gasteiger partial charge in [0.25, 0.3) is 0 Å². The van der Waals surface area contributed by atoms with Gasteiger partial charge in [0.05, 0.1) is 11.9 Å². The first kappa shape index (κ1) is 16.6. The first-order valence-electron chi connectivity index (χ1n) is 8.25. The van der Waals surface area contributed by atoms with E-state index in [9.17, 15) is 4.79 Å². The number of nitrogens with zero attached hydrogens (tertiary/aromatic N) is 1. The van der Waals surface area contributed by atoms with Crippen LogP contribution in [0.25, 0.3) is 0 Å². The Hall–Kier alpha value is -2.27. The maximum atomic E-state index is 12.0. The second-order valence-corrected chi connectivity index (χ2v) is 6.44. The molecular weight excluding hydrogens is 324 g/mol. The second-order valence-electron chi connectivity index (χ2n) is 6.00. The van der Waals surface area contributed by atoms with Gasteiger partial charge in [-0.2, -0.15) is 0 Å². The first-order chi connectivity index (χ1) is 11.7. The lowest BCUT2D eigenvalue weighted by atomic mass is 9.96. The molecule has 2 aromatic rings. The van der Waals surface area contributed by atoms with Gasteiger partial charge < -0.3 is 10.6 Å². The Bertz CT molecular complexity index is 684. The Kier molecular flexibility index (Phi) is 5.54. The van der Waals surface area contributed by atoms with E-state index in [0.717, 1.165) is 24.2 Å². The van der Waals surface area contributed by atoms with Crippen LogP contribution in [-0.4, -0.2) is 17.1 Å². The largest absolute Gasteiger partial charge is 0.354 e. The highest BCUT2D eigenvalue weighted by molar-refractivity contribution is 6.30. The quantitative estimate of drug-likeness (QED) is 0.736. The van der Waals surface area contributed by atoms with Crippen LogP contribution in [0.3, 0.4) is 0 Å². The maximum absolute atomic E-state index is 12.0. The van der Waals surface area contributed by atoms with Crippen molar-refractivity contribution in [3.05, 3.63) is 47.6 Å². The van der Waals surface area contributed by atoms with Crippen molar-refractivity contribution in [2.45, 2.75) is 38.1 Å². The Morgan fingerprint density at radius 1 is 1.08 bits per heavy atom. The monoisotopic (exact) mass is 344 g/mol. The number of pyridine rings is 1. The van der Waals surface area contributed by atoms with E-state index in [4.69, 9.17) is 11.6 Å². The number of carbonyl (C=O) groups excluding carboxylic acids is 1. The summed E-state index contributed by atoms with van der Waals surface area (Å²) in [5.74, 6) is 0.528. The molecule has 1 aromatic carbocycles. The molecule has 0 unspecified atom stereocenters. The predicted octanol–water partition coefficient (Wildman–Crippen LogP) is 4.93. The molecule has 3 N–H and O–H groups in total. The van der Waals surface area contributed by atoms with Crippen molar-refractivity contribution >= 4 is 34.8 Å². The summed E-state index contributed by atoms with van der Waals surface area (Å²) < 4.78 is 0. The minimum absolute atomic E-state index is 0.190. The van der Waals surface area contributed by atoms with Crippen LogP contribution in [0.15, 0.2) is 42.6 Å². The van der Waals surface area contributed by atoms with Gasteiger partial charge in [0, 0.05) is 16.8 Å². The molecule has 0 bridgehead atoms. The van der Waals surface area contributed by atoms with Gasteiger partial charge in [-0.1, -0.05) is 36.9 Å². The number of hydrogen-bond donors (Lipinski definition) is 3. The SMILES string of the molecule is O=C(Nc1ccc(Nc2cccc(Cl)c2)cn1)NC1CCCCC1. The topological polar surface area (TPSA) is 66.0 Å². The molecule has 0 atom stereocenters. The van der Waals surface area contributed by atoms with Crippen LogP contribution < -0.4 is 16.0 Å². The van der Waals surface area contributed by atoms with Gasteiger partial charge in [-0.05, 0) is 43.2 Å². The highest BCUT2D eigenvalue weighted by Gasteiger charge is 2.15. The van der Waals surface area contributed by atoms with E-state index in [1.165, 1.54) is 19.3 Å². The lowest BCUT2D eigenvalue weighted by Crippen LogP contribution is -2.39. The Labute approximate surface area is 146 Å². The summed E-state index contributed by atoms with van der Waals surface area (Å²) in [6, 6.07) is 11.2. The van der Waals surface area contributed by atoms with Crippen LogP contribution in [0.2, 0.25) is 5.02 Å². The zero-order chi connectivity index (χ0) is 16.8. The van der Waals surface area contributed by atoms with Gasteiger partial charge in [0.2, 0.25) is 0 Å². The fourth-order valence-corrected chi connectivity index (χ4v) is 3.05. The van der Waals surface area contributed by atoms with Gasteiger partial charge in [-0.3, -0.25) is 5.32 Å². The summed E-state index contributed by atoms with van der Waals surface area (Å²) in [7, 11) is 0. The molecule has 2 amide bonds. The van der Waals surface area contributed by atoms with Gasteiger partial charge in [0.1, 0.15) is 5.82 Å². The number of nitrogens with one attached hydrogen (secondary N) is 3. The number of anilines is 3. The molecule has 1 aliphatic rings. The third-order valence-corrected chi connectivity index (χ3v) is 4.29. The smallest absolute Gasteiger partial charge is 0.320 e. The van der Waals surface area contributed by atoms with E-state index in [-0.39, 0.29) is 12.1 Å². The first-order valence-corrected chi connectivity index (χ1v) is 8.63. The van der Waals surface area contributed by atoms with Gasteiger partial charge in [-0.25, -0.2) is 9.78 Å². The minimum Gasteiger partial charge on any atom is -0.354 e. The van der Waals surface area contributed by atoms with Crippen molar-refractivity contribution in [1.82, 2.24) is 10.3 Å². The molecular formula is C18H21ClN4O. The molecule has 1 heterocycles. The van der Waals surface area contributed by atoms with Crippen molar-refractivity contribution < 1.29 is 4.79 Å². The summed E-state index contributed by atoms with van der Waals surface area (Å²) >= 11 is 5.96. The molecule has 126 valence electrons. The molecule has 0 saturated heterocycles. The van der Waals surface area contributed by atoms with Crippen molar-refractivity contribution in [2.24, 2.45) is 0 Å². The molecule has 6 heteroatoms. The molecule has 1 saturated carbocycles. The molecule has 0 spiro atoms. The fraction of sp³-hybridized carbons (Fsp3) is 0.333. The lowest BCUT2D eigenvalue weighted by molar-refractivity contribution is 0.244. The van der Waals surface area contributed by atoms with Crippen LogP contribution in [0.4, 0.5) is 22.0 Å². The van der Waals surface area contributed by atoms with Gasteiger partial charge >= 0.3 is 6.03 Å². The Morgan fingerprint density at radius 3 is 2.62 bits per heavy atom. The third-order valence-electron chi connectivity index (χ3n) is 4.06. The van der Waals surface area contributed by atoms with E-state index >= 15 is 0 Å². The van der Waals surface area contributed by atoms with Crippen LogP contribution in [0.5, 0.6) is 0 Å². The normalized spacial score (nSPS) is 14.9. The molecule has 24 heavy (non-hydrogen) atoms. The number of carbonyl (C=O) groups is 1. The highest BCUT2D eigenvalue weighted by atomic mass is 35.5. The molecule has 0 radical (unpaired) electrons. The molecule has 0 aliphatic heterocycles. The molecule has 3 rings (SSSR count). The third kappa shape index (κ3) is 4.86. The number of rotatable bonds is 4. The molecule has 1 aromatic heterocycles. The lowest BCUT2D eigenvalue weighted by Gasteiger charge is -2.22. The summed E-state index contributed by atoms with van der Waals surface area (Å²) in [6.07, 6.45) is 7.44. The van der Waals surface area contributed by atoms with Gasteiger partial charge in [0.15, 0.2) is 0 Å². The van der Waals surface area contributed by atoms with Crippen LogP contribution in [0, 0.1) is 0 Å². The Morgan fingerprint density at radius 2 is 1.92 bits per heavy atom. The second kappa shape index (κ2) is 8.02. The average Bonchev–Trinajstić information content (AvgIpc) is 2.57. The summed E-state index contributed by atoms with van der Waals surface area (Å²) in [5, 5.41) is 9.67. The average molecular weight is 345 g/mol. The molecule has 1 fully saturated rings. The minimum atomic E-state index is -0.190. The standard InChI is InChI=1S/C18H21ClN4O/c19-13-5-4-8-15(11-13)21-16-9-10-17(20-12-16)23-18(24)22-14-6-2-1-3-7-14/h4-5,8-12,14,21H,1-3,6-7H2,(H2,20,22,23,24). The number of urea groups is 1. The van der Waals surface area contributed by atoms with Crippen molar-refractivity contribution in [1.29, 1.82) is 0 Å². The Balaban J connectivity index is 1.53. The van der Waals surface area contributed by atoms with Crippen LogP contribution >= 0.6 is 11.6 Å². The molecule has 1 aliphatic carbocycles. The predicted molar refractivity (Wildman–Crippen MR) is 98.0 cm³/mol. The zero-order valence-corrected chi connectivity index (χ0v) is 14.1. The van der Waals surface area contributed by atoms with Gasteiger partial charge in [-0.15, -0.1) is 0 Å². The summed E-state index contributed by atoms with van der Waals surface area (Å²) in [5.41, 5.74) is 1.72. The van der Waals surface area contributed by atoms with E-state index < -0.39 is 0 Å². The van der Waals surface area contributed by atoms with Crippen LogP contribution in [-0.2, 0) is 0 Å². The number of halogens is 1. The molecule has 5 nitrogen and oxygen atoms in total. The number of amides is 2. The zero-order valence-electron chi connectivity index (χ0n) is 13.4. The van der Waals surface area contributed by atoms with Crippen molar-refractivity contribution in [2.75, 3.05) is 10.6 Å². The summed E-state index contributed by atoms with van der Waals surface area (Å²) in [4.78, 5) is 16.3.